The summed E-state index contributed by atoms with van der Waals surface area (Å²) < 4.78 is 0. The Kier molecular flexibility index (Phi) is 4.61. The molecule has 4 fully saturated rings. The van der Waals surface area contributed by atoms with Crippen molar-refractivity contribution in [3.63, 3.8) is 0 Å². The van der Waals surface area contributed by atoms with E-state index in [-0.39, 0.29) is 28.8 Å². The first-order chi connectivity index (χ1) is 12.3. The minimum Gasteiger partial charge on any atom is -0.393 e. The zero-order valence-corrected chi connectivity index (χ0v) is 16.8. The molecule has 0 aromatic carbocycles. The van der Waals surface area contributed by atoms with Crippen LogP contribution in [0.3, 0.4) is 0 Å². The summed E-state index contributed by atoms with van der Waals surface area (Å²) in [6, 6.07) is 0. The van der Waals surface area contributed by atoms with Crippen molar-refractivity contribution in [3.05, 3.63) is 0 Å². The van der Waals surface area contributed by atoms with Gasteiger partial charge in [0.1, 0.15) is 11.6 Å². The van der Waals surface area contributed by atoms with Crippen molar-refractivity contribution >= 4 is 11.6 Å². The first-order valence-corrected chi connectivity index (χ1v) is 11.0. The van der Waals surface area contributed by atoms with Crippen LogP contribution in [-0.4, -0.2) is 22.8 Å². The summed E-state index contributed by atoms with van der Waals surface area (Å²) in [6.07, 6.45) is 9.17. The van der Waals surface area contributed by atoms with Crippen molar-refractivity contribution in [2.45, 2.75) is 91.1 Å². The Bertz CT molecular complexity index is 598. The quantitative estimate of drug-likeness (QED) is 0.803. The molecule has 3 heteroatoms. The zero-order chi connectivity index (χ0) is 18.7. The molecule has 26 heavy (non-hydrogen) atoms. The molecule has 0 aromatic heterocycles. The van der Waals surface area contributed by atoms with Gasteiger partial charge < -0.3 is 5.11 Å². The van der Waals surface area contributed by atoms with Crippen LogP contribution in [0.2, 0.25) is 0 Å². The number of ketones is 2. The average molecular weight is 361 g/mol. The predicted molar refractivity (Wildman–Crippen MR) is 102 cm³/mol. The van der Waals surface area contributed by atoms with Gasteiger partial charge in [0.15, 0.2) is 0 Å². The van der Waals surface area contributed by atoms with Gasteiger partial charge in [-0.2, -0.15) is 0 Å². The van der Waals surface area contributed by atoms with E-state index >= 15 is 0 Å². The number of carbonyl (C=O) groups excluding carboxylic acids is 2. The van der Waals surface area contributed by atoms with Gasteiger partial charge in [-0.1, -0.05) is 20.8 Å². The first-order valence-electron chi connectivity index (χ1n) is 11.0. The number of carbonyl (C=O) groups is 2. The summed E-state index contributed by atoms with van der Waals surface area (Å²) in [5.74, 6) is 2.64. The van der Waals surface area contributed by atoms with Crippen LogP contribution in [0, 0.1) is 40.4 Å². The molecule has 8 atom stereocenters. The van der Waals surface area contributed by atoms with Crippen LogP contribution in [0.4, 0.5) is 0 Å². The maximum absolute atomic E-state index is 13.5. The fourth-order valence-electron chi connectivity index (χ4n) is 8.00. The smallest absolute Gasteiger partial charge is 0.137 e. The highest BCUT2D eigenvalue weighted by Gasteiger charge is 2.63. The second-order valence-corrected chi connectivity index (χ2v) is 10.5. The number of hydrogen-bond donors (Lipinski definition) is 1. The van der Waals surface area contributed by atoms with E-state index in [2.05, 4.69) is 20.8 Å². The van der Waals surface area contributed by atoms with Crippen molar-refractivity contribution in [2.24, 2.45) is 40.4 Å². The van der Waals surface area contributed by atoms with E-state index in [1.54, 1.807) is 0 Å². The van der Waals surface area contributed by atoms with Gasteiger partial charge in [0.2, 0.25) is 0 Å². The molecule has 0 bridgehead atoms. The second kappa shape index (κ2) is 6.43. The Hall–Kier alpha value is -0.700. The summed E-state index contributed by atoms with van der Waals surface area (Å²) in [6.45, 7) is 6.68. The number of aliphatic hydroxyl groups is 1. The molecule has 0 aromatic rings. The number of hydrogen-bond acceptors (Lipinski definition) is 3. The summed E-state index contributed by atoms with van der Waals surface area (Å²) in [4.78, 5) is 26.2. The standard InChI is InChI=1S/C23H36O3/c1-4-5-19(25)18-9-8-17-16-7-6-14-12-15(24)10-11-22(14,2)21(16)20(26)13-23(17,18)3/h14-18,21,24H,4-13H2,1-3H3/t14-,15+,16-,17-,18+,21+,22-,23-/m0/s1. The maximum Gasteiger partial charge on any atom is 0.137 e. The van der Waals surface area contributed by atoms with Crippen LogP contribution in [0.15, 0.2) is 0 Å². The highest BCUT2D eigenvalue weighted by Crippen LogP contribution is 2.66. The zero-order valence-electron chi connectivity index (χ0n) is 16.8. The highest BCUT2D eigenvalue weighted by atomic mass is 16.3. The molecule has 0 saturated heterocycles. The Morgan fingerprint density at radius 3 is 2.62 bits per heavy atom. The molecule has 4 saturated carbocycles. The molecule has 0 heterocycles. The Morgan fingerprint density at radius 2 is 1.88 bits per heavy atom. The molecule has 0 unspecified atom stereocenters. The van der Waals surface area contributed by atoms with Crippen molar-refractivity contribution in [1.82, 2.24) is 0 Å². The van der Waals surface area contributed by atoms with Crippen LogP contribution in [0.1, 0.15) is 85.0 Å². The third-order valence-corrected chi connectivity index (χ3v) is 9.21. The summed E-state index contributed by atoms with van der Waals surface area (Å²) in [5, 5.41) is 10.1. The van der Waals surface area contributed by atoms with Crippen LogP contribution < -0.4 is 0 Å². The van der Waals surface area contributed by atoms with Gasteiger partial charge in [-0.15, -0.1) is 0 Å². The normalized spacial score (nSPS) is 50.7. The Balaban J connectivity index is 1.63. The molecular formula is C23H36O3. The molecule has 4 aliphatic rings. The van der Waals surface area contributed by atoms with Gasteiger partial charge in [0, 0.05) is 24.7 Å². The van der Waals surface area contributed by atoms with Gasteiger partial charge in [-0.25, -0.2) is 0 Å². The van der Waals surface area contributed by atoms with Gasteiger partial charge in [-0.05, 0) is 80.0 Å². The lowest BCUT2D eigenvalue weighted by atomic mass is 9.44. The van der Waals surface area contributed by atoms with Crippen LogP contribution in [0.25, 0.3) is 0 Å². The Labute approximate surface area is 158 Å². The first kappa shape index (κ1) is 18.7. The lowest BCUT2D eigenvalue weighted by Gasteiger charge is -2.59. The molecular weight excluding hydrogens is 324 g/mol. The van der Waals surface area contributed by atoms with Gasteiger partial charge in [0.25, 0.3) is 0 Å². The molecule has 3 nitrogen and oxygen atoms in total. The summed E-state index contributed by atoms with van der Waals surface area (Å²) in [7, 11) is 0. The van der Waals surface area contributed by atoms with Gasteiger partial charge >= 0.3 is 0 Å². The average Bonchev–Trinajstić information content (AvgIpc) is 2.92. The van der Waals surface area contributed by atoms with E-state index in [1.807, 2.05) is 0 Å². The number of Topliss-reactive ketones (excluding diaryl/α,β-unsaturated/α-hetero) is 2. The van der Waals surface area contributed by atoms with E-state index in [1.165, 1.54) is 0 Å². The Morgan fingerprint density at radius 1 is 1.12 bits per heavy atom. The second-order valence-electron chi connectivity index (χ2n) is 10.5. The van der Waals surface area contributed by atoms with Gasteiger partial charge in [-0.3, -0.25) is 9.59 Å². The lowest BCUT2D eigenvalue weighted by molar-refractivity contribution is -0.162. The molecule has 0 radical (unpaired) electrons. The van der Waals surface area contributed by atoms with Gasteiger partial charge in [0.05, 0.1) is 6.10 Å². The SMILES string of the molecule is CCCC(=O)[C@H]1CC[C@H]2[C@@H]3CC[C@H]4C[C@H](O)CC[C@]4(C)[C@H]3C(=O)C[C@]12C. The van der Waals surface area contributed by atoms with Crippen molar-refractivity contribution in [2.75, 3.05) is 0 Å². The van der Waals surface area contributed by atoms with Crippen LogP contribution in [-0.2, 0) is 9.59 Å². The van der Waals surface area contributed by atoms with Crippen molar-refractivity contribution < 1.29 is 14.7 Å². The molecule has 4 rings (SSSR count). The van der Waals surface area contributed by atoms with Crippen molar-refractivity contribution in [1.29, 1.82) is 0 Å². The van der Waals surface area contributed by atoms with E-state index in [0.29, 0.717) is 42.2 Å². The fourth-order valence-corrected chi connectivity index (χ4v) is 8.00. The monoisotopic (exact) mass is 360 g/mol. The minimum atomic E-state index is -0.170. The molecule has 146 valence electrons. The van der Waals surface area contributed by atoms with Crippen LogP contribution >= 0.6 is 0 Å². The van der Waals surface area contributed by atoms with E-state index in [9.17, 15) is 14.7 Å². The summed E-state index contributed by atoms with van der Waals surface area (Å²) >= 11 is 0. The van der Waals surface area contributed by atoms with E-state index in [4.69, 9.17) is 0 Å². The van der Waals surface area contributed by atoms with E-state index in [0.717, 1.165) is 51.4 Å². The largest absolute Gasteiger partial charge is 0.393 e. The number of aliphatic hydroxyl groups excluding tert-OH is 1. The molecule has 0 amide bonds. The predicted octanol–water partition coefficient (Wildman–Crippen LogP) is 4.55. The minimum absolute atomic E-state index is 0.0755. The third kappa shape index (κ3) is 2.56. The highest BCUT2D eigenvalue weighted by molar-refractivity contribution is 5.87. The molecule has 0 spiro atoms. The molecule has 1 N–H and O–H groups in total. The van der Waals surface area contributed by atoms with E-state index < -0.39 is 0 Å². The lowest BCUT2D eigenvalue weighted by Crippen LogP contribution is -2.58. The summed E-state index contributed by atoms with van der Waals surface area (Å²) in [5.41, 5.74) is -0.0199. The maximum atomic E-state index is 13.5. The third-order valence-electron chi connectivity index (χ3n) is 9.21. The number of rotatable bonds is 3. The molecule has 0 aliphatic heterocycles. The van der Waals surface area contributed by atoms with Crippen molar-refractivity contribution in [3.8, 4) is 0 Å². The number of fused-ring (bicyclic) bond motifs is 5. The van der Waals surface area contributed by atoms with Crippen LogP contribution in [0.5, 0.6) is 0 Å². The molecule has 4 aliphatic carbocycles. The fraction of sp³-hybridized carbons (Fsp3) is 0.913. The topological polar surface area (TPSA) is 54.4 Å².